The summed E-state index contributed by atoms with van der Waals surface area (Å²) in [5, 5.41) is 13.5. The SMILES string of the molecule is O=C(c1cc(Cl)cc2cccnc12)N1CCC(c2nnc3n2CCNC3)CC1. The van der Waals surface area contributed by atoms with Crippen molar-refractivity contribution in [3.8, 4) is 0 Å². The van der Waals surface area contributed by atoms with Crippen LogP contribution >= 0.6 is 11.6 Å². The minimum Gasteiger partial charge on any atom is -0.339 e. The lowest BCUT2D eigenvalue weighted by molar-refractivity contribution is 0.0712. The Hall–Kier alpha value is -2.51. The minimum atomic E-state index is -0.00266. The third-order valence-electron chi connectivity index (χ3n) is 5.70. The maximum absolute atomic E-state index is 13.2. The Labute approximate surface area is 167 Å². The van der Waals surface area contributed by atoms with Crippen LogP contribution < -0.4 is 5.32 Å². The summed E-state index contributed by atoms with van der Waals surface area (Å²) in [6, 6.07) is 7.36. The molecule has 0 unspecified atom stereocenters. The third kappa shape index (κ3) is 3.04. The number of halogens is 1. The van der Waals surface area contributed by atoms with Crippen LogP contribution in [-0.2, 0) is 13.1 Å². The first-order valence-corrected chi connectivity index (χ1v) is 10.0. The van der Waals surface area contributed by atoms with Gasteiger partial charge in [0.25, 0.3) is 5.91 Å². The van der Waals surface area contributed by atoms with Crippen molar-refractivity contribution in [1.82, 2.24) is 30.0 Å². The van der Waals surface area contributed by atoms with Crippen LogP contribution in [0.15, 0.2) is 30.5 Å². The van der Waals surface area contributed by atoms with Crippen molar-refractivity contribution in [1.29, 1.82) is 0 Å². The zero-order chi connectivity index (χ0) is 19.1. The number of hydrogen-bond acceptors (Lipinski definition) is 5. The van der Waals surface area contributed by atoms with Crippen molar-refractivity contribution in [2.45, 2.75) is 31.8 Å². The average Bonchev–Trinajstić information content (AvgIpc) is 3.17. The second-order valence-corrected chi connectivity index (χ2v) is 7.83. The second kappa shape index (κ2) is 7.14. The number of carbonyl (C=O) groups is 1. The van der Waals surface area contributed by atoms with Gasteiger partial charge in [-0.05, 0) is 31.0 Å². The van der Waals surface area contributed by atoms with Gasteiger partial charge in [-0.25, -0.2) is 0 Å². The molecule has 144 valence electrons. The van der Waals surface area contributed by atoms with E-state index in [-0.39, 0.29) is 5.91 Å². The standard InChI is InChI=1S/C20H21ClN6O/c21-15-10-14-2-1-5-23-18(14)16(11-15)20(28)26-7-3-13(4-8-26)19-25-24-17-12-22-6-9-27(17)19/h1-2,5,10-11,13,22H,3-4,6-9,12H2. The Morgan fingerprint density at radius 1 is 1.18 bits per heavy atom. The number of piperidine rings is 1. The van der Waals surface area contributed by atoms with Crippen LogP contribution in [0.4, 0.5) is 0 Å². The number of fused-ring (bicyclic) bond motifs is 2. The van der Waals surface area contributed by atoms with E-state index in [4.69, 9.17) is 11.6 Å². The van der Waals surface area contributed by atoms with Crippen molar-refractivity contribution in [2.24, 2.45) is 0 Å². The van der Waals surface area contributed by atoms with E-state index in [1.165, 1.54) is 0 Å². The summed E-state index contributed by atoms with van der Waals surface area (Å²) in [6.07, 6.45) is 3.50. The highest BCUT2D eigenvalue weighted by Crippen LogP contribution is 2.30. The molecule has 1 aromatic carbocycles. The summed E-state index contributed by atoms with van der Waals surface area (Å²) < 4.78 is 2.24. The van der Waals surface area contributed by atoms with Crippen molar-refractivity contribution in [3.63, 3.8) is 0 Å². The lowest BCUT2D eigenvalue weighted by Gasteiger charge is -2.32. The van der Waals surface area contributed by atoms with E-state index in [9.17, 15) is 4.79 Å². The molecule has 28 heavy (non-hydrogen) atoms. The molecule has 8 heteroatoms. The number of nitrogens with zero attached hydrogens (tertiary/aromatic N) is 5. The molecule has 0 saturated carbocycles. The Morgan fingerprint density at radius 2 is 2.04 bits per heavy atom. The first-order chi connectivity index (χ1) is 13.7. The van der Waals surface area contributed by atoms with Crippen LogP contribution in [0.3, 0.4) is 0 Å². The van der Waals surface area contributed by atoms with Crippen LogP contribution in [0, 0.1) is 0 Å². The van der Waals surface area contributed by atoms with E-state index in [1.54, 1.807) is 12.3 Å². The predicted octanol–water partition coefficient (Wildman–Crippen LogP) is 2.60. The van der Waals surface area contributed by atoms with Gasteiger partial charge in [-0.3, -0.25) is 9.78 Å². The van der Waals surface area contributed by atoms with Crippen LogP contribution in [0.5, 0.6) is 0 Å². The molecular formula is C20H21ClN6O. The molecule has 0 atom stereocenters. The number of aromatic nitrogens is 4. The van der Waals surface area contributed by atoms with Crippen LogP contribution in [0.2, 0.25) is 5.02 Å². The highest BCUT2D eigenvalue weighted by molar-refractivity contribution is 6.32. The molecule has 0 radical (unpaired) electrons. The maximum Gasteiger partial charge on any atom is 0.256 e. The molecule has 1 amide bonds. The largest absolute Gasteiger partial charge is 0.339 e. The number of pyridine rings is 1. The molecule has 5 rings (SSSR count). The fraction of sp³-hybridized carbons (Fsp3) is 0.400. The van der Waals surface area contributed by atoms with Crippen molar-refractivity contribution in [2.75, 3.05) is 19.6 Å². The molecule has 3 aromatic rings. The van der Waals surface area contributed by atoms with Gasteiger partial charge in [0.1, 0.15) is 11.6 Å². The third-order valence-corrected chi connectivity index (χ3v) is 5.92. The lowest BCUT2D eigenvalue weighted by Crippen LogP contribution is -2.39. The number of carbonyl (C=O) groups excluding carboxylic acids is 1. The summed E-state index contributed by atoms with van der Waals surface area (Å²) in [6.45, 7) is 4.04. The molecule has 1 fully saturated rings. The molecule has 2 aliphatic heterocycles. The maximum atomic E-state index is 13.2. The summed E-state index contributed by atoms with van der Waals surface area (Å²) in [4.78, 5) is 19.5. The van der Waals surface area contributed by atoms with Gasteiger partial charge >= 0.3 is 0 Å². The van der Waals surface area contributed by atoms with Crippen molar-refractivity contribution >= 4 is 28.4 Å². The van der Waals surface area contributed by atoms with Gasteiger partial charge in [0.05, 0.1) is 17.6 Å². The fourth-order valence-corrected chi connectivity index (χ4v) is 4.47. The van der Waals surface area contributed by atoms with Gasteiger partial charge in [0.15, 0.2) is 0 Å². The van der Waals surface area contributed by atoms with E-state index in [2.05, 4.69) is 25.1 Å². The molecule has 2 aromatic heterocycles. The van der Waals surface area contributed by atoms with Gasteiger partial charge in [-0.1, -0.05) is 17.7 Å². The van der Waals surface area contributed by atoms with Crippen LogP contribution in [0.25, 0.3) is 10.9 Å². The van der Waals surface area contributed by atoms with E-state index in [1.807, 2.05) is 23.1 Å². The molecule has 2 aliphatic rings. The number of rotatable bonds is 2. The van der Waals surface area contributed by atoms with E-state index in [0.717, 1.165) is 49.5 Å². The smallest absolute Gasteiger partial charge is 0.256 e. The number of amides is 1. The summed E-state index contributed by atoms with van der Waals surface area (Å²) in [7, 11) is 0. The molecule has 1 N–H and O–H groups in total. The average molecular weight is 397 g/mol. The molecule has 4 heterocycles. The number of benzene rings is 1. The number of hydrogen-bond donors (Lipinski definition) is 1. The van der Waals surface area contributed by atoms with Crippen molar-refractivity contribution < 1.29 is 4.79 Å². The Balaban J connectivity index is 1.35. The fourth-order valence-electron chi connectivity index (χ4n) is 4.25. The summed E-state index contributed by atoms with van der Waals surface area (Å²) in [5.74, 6) is 2.42. The molecule has 0 aliphatic carbocycles. The van der Waals surface area contributed by atoms with Gasteiger partial charge in [-0.15, -0.1) is 10.2 Å². The lowest BCUT2D eigenvalue weighted by atomic mass is 9.95. The molecular weight excluding hydrogens is 376 g/mol. The predicted molar refractivity (Wildman–Crippen MR) is 106 cm³/mol. The molecule has 0 spiro atoms. The van der Waals surface area contributed by atoms with E-state index < -0.39 is 0 Å². The monoisotopic (exact) mass is 396 g/mol. The van der Waals surface area contributed by atoms with Crippen molar-refractivity contribution in [3.05, 3.63) is 52.7 Å². The number of likely N-dealkylation sites (tertiary alicyclic amines) is 1. The van der Waals surface area contributed by atoms with E-state index >= 15 is 0 Å². The molecule has 0 bridgehead atoms. The quantitative estimate of drug-likeness (QED) is 0.720. The van der Waals surface area contributed by atoms with Crippen LogP contribution in [0.1, 0.15) is 40.8 Å². The Kier molecular flexibility index (Phi) is 4.49. The molecule has 1 saturated heterocycles. The van der Waals surface area contributed by atoms with Crippen LogP contribution in [-0.4, -0.2) is 50.2 Å². The number of nitrogens with one attached hydrogen (secondary N) is 1. The first-order valence-electron chi connectivity index (χ1n) is 9.67. The van der Waals surface area contributed by atoms with Gasteiger partial charge in [-0.2, -0.15) is 0 Å². The van der Waals surface area contributed by atoms with E-state index in [0.29, 0.717) is 35.1 Å². The normalized spacial score (nSPS) is 17.7. The zero-order valence-corrected chi connectivity index (χ0v) is 16.2. The van der Waals surface area contributed by atoms with Gasteiger partial charge in [0.2, 0.25) is 0 Å². The highest BCUT2D eigenvalue weighted by Gasteiger charge is 2.30. The zero-order valence-electron chi connectivity index (χ0n) is 15.4. The Bertz CT molecular complexity index is 1040. The van der Waals surface area contributed by atoms with Gasteiger partial charge < -0.3 is 14.8 Å². The topological polar surface area (TPSA) is 75.9 Å². The highest BCUT2D eigenvalue weighted by atomic mass is 35.5. The first kappa shape index (κ1) is 17.6. The summed E-state index contributed by atoms with van der Waals surface area (Å²) in [5.41, 5.74) is 1.28. The minimum absolute atomic E-state index is 0.00266. The molecule has 7 nitrogen and oxygen atoms in total. The summed E-state index contributed by atoms with van der Waals surface area (Å²) >= 11 is 6.24. The van der Waals surface area contributed by atoms with Gasteiger partial charge in [0, 0.05) is 48.7 Å². The second-order valence-electron chi connectivity index (χ2n) is 7.40. The Morgan fingerprint density at radius 3 is 2.89 bits per heavy atom.